The SMILES string of the molecule is Cc1cc(OCCCC(=O)NCCNC(=O)C(N)CS(=O)(=O)O)cc(C)c1S(=O)(=O)NC(CNC(=O)c1ccc(CCc2ccc3c(n2)NCCC3)cc1)C(=O)O. The highest BCUT2D eigenvalue weighted by Gasteiger charge is 2.29. The summed E-state index contributed by atoms with van der Waals surface area (Å²) >= 11 is 0. The fraction of sp³-hybridized carbons (Fsp3) is 0.432. The summed E-state index contributed by atoms with van der Waals surface area (Å²) in [7, 11) is -8.79. The number of nitrogens with zero attached hydrogens (tertiary/aromatic N) is 1. The molecule has 0 saturated carbocycles. The number of carboxylic acids is 1. The summed E-state index contributed by atoms with van der Waals surface area (Å²) in [6, 6.07) is 10.8. The van der Waals surface area contributed by atoms with Gasteiger partial charge in [0, 0.05) is 43.9 Å². The highest BCUT2D eigenvalue weighted by Crippen LogP contribution is 2.26. The molecule has 3 amide bonds. The van der Waals surface area contributed by atoms with Crippen molar-refractivity contribution in [2.75, 3.05) is 43.9 Å². The van der Waals surface area contributed by atoms with E-state index in [-0.39, 0.29) is 53.6 Å². The molecular weight excluding hydrogens is 783 g/mol. The fourth-order valence-corrected chi connectivity index (χ4v) is 8.32. The van der Waals surface area contributed by atoms with E-state index in [1.165, 1.54) is 31.5 Å². The van der Waals surface area contributed by atoms with E-state index in [1.807, 2.05) is 18.2 Å². The number of benzene rings is 2. The quantitative estimate of drug-likeness (QED) is 0.0540. The molecule has 2 aromatic carbocycles. The van der Waals surface area contributed by atoms with Crippen LogP contribution >= 0.6 is 0 Å². The summed E-state index contributed by atoms with van der Waals surface area (Å²) < 4.78 is 65.1. The Morgan fingerprint density at radius 3 is 2.30 bits per heavy atom. The zero-order valence-corrected chi connectivity index (χ0v) is 33.3. The smallest absolute Gasteiger partial charge is 0.323 e. The van der Waals surface area contributed by atoms with Crippen LogP contribution in [0.1, 0.15) is 57.6 Å². The molecule has 0 saturated heterocycles. The first kappa shape index (κ1) is 44.6. The van der Waals surface area contributed by atoms with Gasteiger partial charge in [-0.25, -0.2) is 13.4 Å². The predicted octanol–water partition coefficient (Wildman–Crippen LogP) is 0.610. The van der Waals surface area contributed by atoms with Gasteiger partial charge in [0.25, 0.3) is 16.0 Å². The minimum atomic E-state index is -4.42. The van der Waals surface area contributed by atoms with E-state index < -0.39 is 62.3 Å². The van der Waals surface area contributed by atoms with Crippen molar-refractivity contribution in [2.24, 2.45) is 5.73 Å². The normalized spacial score (nSPS) is 13.7. The number of carbonyl (C=O) groups excluding carboxylic acids is 3. The number of sulfonamides is 1. The summed E-state index contributed by atoms with van der Waals surface area (Å²) in [6.07, 6.45) is 3.88. The molecule has 2 heterocycles. The molecule has 2 atom stereocenters. The highest BCUT2D eigenvalue weighted by molar-refractivity contribution is 7.89. The number of aromatic nitrogens is 1. The highest BCUT2D eigenvalue weighted by atomic mass is 32.2. The molecule has 2 unspecified atom stereocenters. The maximum absolute atomic E-state index is 13.4. The Kier molecular flexibility index (Phi) is 15.9. The van der Waals surface area contributed by atoms with Gasteiger partial charge in [-0.2, -0.15) is 13.1 Å². The van der Waals surface area contributed by atoms with Gasteiger partial charge in [0.15, 0.2) is 0 Å². The molecule has 0 aliphatic carbocycles. The van der Waals surface area contributed by atoms with Crippen LogP contribution in [0.3, 0.4) is 0 Å². The van der Waals surface area contributed by atoms with E-state index >= 15 is 0 Å². The minimum Gasteiger partial charge on any atom is -0.494 e. The van der Waals surface area contributed by atoms with Crippen LogP contribution in [-0.2, 0) is 53.8 Å². The number of nitrogens with one attached hydrogen (secondary N) is 5. The average molecular weight is 832 g/mol. The molecule has 18 nitrogen and oxygen atoms in total. The Labute approximate surface area is 331 Å². The van der Waals surface area contributed by atoms with Gasteiger partial charge in [0.2, 0.25) is 21.8 Å². The number of carboxylic acid groups (broad SMARTS) is 1. The van der Waals surface area contributed by atoms with Crippen LogP contribution in [-0.4, -0.2) is 106 Å². The van der Waals surface area contributed by atoms with Gasteiger partial charge in [-0.05, 0) is 98.5 Å². The Morgan fingerprint density at radius 2 is 1.63 bits per heavy atom. The summed E-state index contributed by atoms with van der Waals surface area (Å²) in [6.45, 7) is 3.57. The zero-order valence-electron chi connectivity index (χ0n) is 31.7. The second kappa shape index (κ2) is 20.3. The van der Waals surface area contributed by atoms with Gasteiger partial charge in [0.1, 0.15) is 23.7 Å². The molecule has 0 fully saturated rings. The van der Waals surface area contributed by atoms with Gasteiger partial charge in [0.05, 0.1) is 17.3 Å². The first-order valence-electron chi connectivity index (χ1n) is 18.3. The summed E-state index contributed by atoms with van der Waals surface area (Å²) in [5.41, 5.74) is 9.41. The van der Waals surface area contributed by atoms with Crippen LogP contribution in [0.5, 0.6) is 5.75 Å². The largest absolute Gasteiger partial charge is 0.494 e. The molecule has 0 bridgehead atoms. The Bertz CT molecular complexity index is 2130. The molecular formula is C37H49N7O11S2. The number of fused-ring (bicyclic) bond motifs is 1. The molecule has 57 heavy (non-hydrogen) atoms. The maximum Gasteiger partial charge on any atom is 0.323 e. The first-order chi connectivity index (χ1) is 26.9. The van der Waals surface area contributed by atoms with Crippen molar-refractivity contribution in [3.8, 4) is 5.75 Å². The molecule has 0 radical (unpaired) electrons. The van der Waals surface area contributed by atoms with Crippen LogP contribution in [0.2, 0.25) is 0 Å². The second-order valence-electron chi connectivity index (χ2n) is 13.6. The van der Waals surface area contributed by atoms with E-state index in [2.05, 4.69) is 32.1 Å². The number of pyridine rings is 1. The average Bonchev–Trinajstić information content (AvgIpc) is 3.14. The third kappa shape index (κ3) is 14.1. The van der Waals surface area contributed by atoms with Crippen molar-refractivity contribution >= 4 is 49.7 Å². The van der Waals surface area contributed by atoms with E-state index in [1.54, 1.807) is 12.1 Å². The number of carbonyl (C=O) groups is 4. The number of aliphatic carboxylic acids is 1. The van der Waals surface area contributed by atoms with Crippen molar-refractivity contribution in [1.82, 2.24) is 25.7 Å². The third-order valence-electron chi connectivity index (χ3n) is 8.89. The number of nitrogens with two attached hydrogens (primary N) is 1. The molecule has 20 heteroatoms. The monoisotopic (exact) mass is 831 g/mol. The zero-order chi connectivity index (χ0) is 41.8. The Balaban J connectivity index is 1.21. The lowest BCUT2D eigenvalue weighted by molar-refractivity contribution is -0.138. The maximum atomic E-state index is 13.4. The van der Waals surface area contributed by atoms with Crippen LogP contribution in [0.25, 0.3) is 0 Å². The van der Waals surface area contributed by atoms with E-state index in [9.17, 15) is 41.1 Å². The van der Waals surface area contributed by atoms with Gasteiger partial charge in [-0.3, -0.25) is 23.7 Å². The van der Waals surface area contributed by atoms with Gasteiger partial charge in [-0.1, -0.05) is 18.2 Å². The molecule has 1 aromatic heterocycles. The van der Waals surface area contributed by atoms with Crippen molar-refractivity contribution in [2.45, 2.75) is 69.4 Å². The Hall–Kier alpha value is -5.15. The summed E-state index contributed by atoms with van der Waals surface area (Å²) in [5.74, 6) is -2.87. The second-order valence-corrected chi connectivity index (χ2v) is 16.7. The van der Waals surface area contributed by atoms with Crippen molar-refractivity contribution in [3.63, 3.8) is 0 Å². The number of hydrogen-bond donors (Lipinski definition) is 8. The molecule has 4 rings (SSSR count). The van der Waals surface area contributed by atoms with Gasteiger partial charge >= 0.3 is 5.97 Å². The number of ether oxygens (including phenoxy) is 1. The lowest BCUT2D eigenvalue weighted by Crippen LogP contribution is -2.48. The number of rotatable bonds is 21. The molecule has 3 aromatic rings. The predicted molar refractivity (Wildman–Crippen MR) is 210 cm³/mol. The van der Waals surface area contributed by atoms with Crippen LogP contribution in [0.15, 0.2) is 53.4 Å². The molecule has 1 aliphatic rings. The summed E-state index contributed by atoms with van der Waals surface area (Å²) in [5, 5.41) is 20.6. The van der Waals surface area contributed by atoms with Gasteiger partial charge in [-0.15, -0.1) is 0 Å². The van der Waals surface area contributed by atoms with E-state index in [0.717, 1.165) is 36.5 Å². The number of amides is 3. The topological polar surface area (TPSA) is 285 Å². The molecule has 9 N–H and O–H groups in total. The lowest BCUT2D eigenvalue weighted by Gasteiger charge is -2.19. The molecule has 310 valence electrons. The first-order valence-corrected chi connectivity index (χ1v) is 21.3. The van der Waals surface area contributed by atoms with Crippen LogP contribution < -0.4 is 36.5 Å². The lowest BCUT2D eigenvalue weighted by atomic mass is 10.0. The standard InChI is InChI=1S/C37H49N7O11S2/c1-23-19-29(55-18-4-6-32(45)39-16-17-41-36(47)30(38)22-56(50,51)52)20-24(2)33(23)57(53,54)44-31(37(48)49)21-42-35(46)27-10-7-25(8-11-27)9-13-28-14-12-26-5-3-15-40-34(26)43-28/h7-8,10-12,14,19-20,30-31,44H,3-6,9,13,15-18,21-22,38H2,1-2H3,(H,39,45)(H,40,43)(H,41,47)(H,42,46)(H,48,49)(H,50,51,52). The summed E-state index contributed by atoms with van der Waals surface area (Å²) in [4.78, 5) is 53.4. The van der Waals surface area contributed by atoms with Crippen LogP contribution in [0, 0.1) is 13.8 Å². The number of hydrogen-bond acceptors (Lipinski definition) is 12. The van der Waals surface area contributed by atoms with Crippen molar-refractivity contribution in [1.29, 1.82) is 0 Å². The number of anilines is 1. The Morgan fingerprint density at radius 1 is 0.947 bits per heavy atom. The van der Waals surface area contributed by atoms with E-state index in [0.29, 0.717) is 25.0 Å². The van der Waals surface area contributed by atoms with Crippen molar-refractivity contribution < 1.29 is 50.4 Å². The fourth-order valence-electron chi connectivity index (χ4n) is 6.08. The van der Waals surface area contributed by atoms with E-state index in [4.69, 9.17) is 20.0 Å². The number of aryl methyl sites for hydroxylation is 5. The molecule has 1 aliphatic heterocycles. The minimum absolute atomic E-state index is 0.0204. The van der Waals surface area contributed by atoms with Gasteiger partial charge < -0.3 is 36.8 Å². The van der Waals surface area contributed by atoms with Crippen molar-refractivity contribution in [3.05, 3.63) is 82.0 Å². The molecule has 0 spiro atoms. The third-order valence-corrected chi connectivity index (χ3v) is 11.4. The van der Waals surface area contributed by atoms with Crippen LogP contribution in [0.4, 0.5) is 5.82 Å².